The van der Waals surface area contributed by atoms with E-state index in [-0.39, 0.29) is 6.04 Å². The summed E-state index contributed by atoms with van der Waals surface area (Å²) in [6.45, 7) is 1.86. The monoisotopic (exact) mass is 176 g/mol. The molecule has 3 nitrogen and oxygen atoms in total. The average Bonchev–Trinajstić information content (AvgIpc) is 2.16. The van der Waals surface area contributed by atoms with Gasteiger partial charge in [0.15, 0.2) is 0 Å². The van der Waals surface area contributed by atoms with Gasteiger partial charge in [0.05, 0.1) is 18.7 Å². The zero-order valence-corrected chi connectivity index (χ0v) is 7.74. The van der Waals surface area contributed by atoms with Crippen LogP contribution in [0.5, 0.6) is 5.75 Å². The van der Waals surface area contributed by atoms with Crippen LogP contribution in [-0.4, -0.2) is 7.11 Å². The SMILES string of the molecule is COc1ccc(C#N)cc1C(C)N. The summed E-state index contributed by atoms with van der Waals surface area (Å²) in [6.07, 6.45) is 0. The van der Waals surface area contributed by atoms with Crippen molar-refractivity contribution in [1.29, 1.82) is 5.26 Å². The van der Waals surface area contributed by atoms with Gasteiger partial charge >= 0.3 is 0 Å². The van der Waals surface area contributed by atoms with Gasteiger partial charge < -0.3 is 10.5 Å². The topological polar surface area (TPSA) is 59.0 Å². The number of nitrogens with zero attached hydrogens (tertiary/aromatic N) is 1. The van der Waals surface area contributed by atoms with Gasteiger partial charge in [-0.2, -0.15) is 5.26 Å². The van der Waals surface area contributed by atoms with Crippen LogP contribution in [0.3, 0.4) is 0 Å². The van der Waals surface area contributed by atoms with Crippen LogP contribution < -0.4 is 10.5 Å². The van der Waals surface area contributed by atoms with Crippen molar-refractivity contribution in [2.75, 3.05) is 7.11 Å². The summed E-state index contributed by atoms with van der Waals surface area (Å²) < 4.78 is 5.12. The van der Waals surface area contributed by atoms with E-state index in [9.17, 15) is 0 Å². The number of nitriles is 1. The van der Waals surface area contributed by atoms with E-state index in [0.717, 1.165) is 11.3 Å². The quantitative estimate of drug-likeness (QED) is 0.744. The lowest BCUT2D eigenvalue weighted by Gasteiger charge is -2.11. The predicted octanol–water partition coefficient (Wildman–Crippen LogP) is 1.59. The Kier molecular flexibility index (Phi) is 2.88. The molecule has 0 amide bonds. The first-order valence-corrected chi connectivity index (χ1v) is 4.02. The van der Waals surface area contributed by atoms with Crippen molar-refractivity contribution in [1.82, 2.24) is 0 Å². The second kappa shape index (κ2) is 3.92. The molecule has 0 bridgehead atoms. The molecule has 1 atom stereocenters. The molecule has 2 N–H and O–H groups in total. The van der Waals surface area contributed by atoms with Crippen LogP contribution in [0.15, 0.2) is 18.2 Å². The molecule has 0 fully saturated rings. The van der Waals surface area contributed by atoms with Gasteiger partial charge in [-0.25, -0.2) is 0 Å². The second-order valence-electron chi connectivity index (χ2n) is 2.86. The van der Waals surface area contributed by atoms with Crippen LogP contribution in [0.4, 0.5) is 0 Å². The van der Waals surface area contributed by atoms with Crippen molar-refractivity contribution in [3.05, 3.63) is 29.3 Å². The summed E-state index contributed by atoms with van der Waals surface area (Å²) in [5.74, 6) is 0.731. The molecule has 1 aromatic carbocycles. The normalized spacial score (nSPS) is 11.8. The summed E-state index contributed by atoms with van der Waals surface area (Å²) in [5.41, 5.74) is 7.19. The summed E-state index contributed by atoms with van der Waals surface area (Å²) in [7, 11) is 1.59. The minimum atomic E-state index is -0.122. The van der Waals surface area contributed by atoms with Crippen molar-refractivity contribution < 1.29 is 4.74 Å². The zero-order chi connectivity index (χ0) is 9.84. The van der Waals surface area contributed by atoms with Gasteiger partial charge in [-0.1, -0.05) is 0 Å². The van der Waals surface area contributed by atoms with Gasteiger partial charge in [0.2, 0.25) is 0 Å². The fraction of sp³-hybridized carbons (Fsp3) is 0.300. The highest BCUT2D eigenvalue weighted by atomic mass is 16.5. The number of methoxy groups -OCH3 is 1. The molecule has 1 aromatic rings. The van der Waals surface area contributed by atoms with Gasteiger partial charge in [-0.05, 0) is 25.1 Å². The van der Waals surface area contributed by atoms with Gasteiger partial charge in [0.1, 0.15) is 5.75 Å². The highest BCUT2D eigenvalue weighted by Gasteiger charge is 2.07. The van der Waals surface area contributed by atoms with E-state index in [1.165, 1.54) is 0 Å². The maximum atomic E-state index is 8.68. The highest BCUT2D eigenvalue weighted by Crippen LogP contribution is 2.24. The number of hydrogen-bond acceptors (Lipinski definition) is 3. The predicted molar refractivity (Wildman–Crippen MR) is 50.3 cm³/mol. The minimum absolute atomic E-state index is 0.122. The number of hydrogen-bond donors (Lipinski definition) is 1. The molecule has 0 aliphatic rings. The Bertz CT molecular complexity index is 339. The minimum Gasteiger partial charge on any atom is -0.496 e. The Morgan fingerprint density at radius 3 is 2.69 bits per heavy atom. The van der Waals surface area contributed by atoms with Crippen molar-refractivity contribution in [3.63, 3.8) is 0 Å². The van der Waals surface area contributed by atoms with Crippen molar-refractivity contribution >= 4 is 0 Å². The Labute approximate surface area is 77.7 Å². The molecule has 0 saturated heterocycles. The van der Waals surface area contributed by atoms with Crippen LogP contribution >= 0.6 is 0 Å². The zero-order valence-electron chi connectivity index (χ0n) is 7.74. The van der Waals surface area contributed by atoms with E-state index >= 15 is 0 Å². The highest BCUT2D eigenvalue weighted by molar-refractivity contribution is 5.43. The van der Waals surface area contributed by atoms with Gasteiger partial charge in [-0.15, -0.1) is 0 Å². The van der Waals surface area contributed by atoms with E-state index in [2.05, 4.69) is 6.07 Å². The molecule has 0 heterocycles. The third-order valence-electron chi connectivity index (χ3n) is 1.85. The van der Waals surface area contributed by atoms with Gasteiger partial charge in [0, 0.05) is 11.6 Å². The fourth-order valence-electron chi connectivity index (χ4n) is 1.16. The Hall–Kier alpha value is -1.53. The van der Waals surface area contributed by atoms with Crippen molar-refractivity contribution in [2.24, 2.45) is 5.73 Å². The molecule has 0 aliphatic heterocycles. The Morgan fingerprint density at radius 2 is 2.23 bits per heavy atom. The van der Waals surface area contributed by atoms with Crippen LogP contribution in [0.25, 0.3) is 0 Å². The standard InChI is InChI=1S/C10H12N2O/c1-7(12)9-5-8(6-11)3-4-10(9)13-2/h3-5,7H,12H2,1-2H3. The smallest absolute Gasteiger partial charge is 0.123 e. The largest absolute Gasteiger partial charge is 0.496 e. The van der Waals surface area contributed by atoms with E-state index in [1.807, 2.05) is 6.92 Å². The summed E-state index contributed by atoms with van der Waals surface area (Å²) in [5, 5.41) is 8.68. The molecule has 1 rings (SSSR count). The maximum Gasteiger partial charge on any atom is 0.123 e. The molecule has 3 heteroatoms. The molecule has 0 saturated carbocycles. The maximum absolute atomic E-state index is 8.68. The first kappa shape index (κ1) is 9.56. The van der Waals surface area contributed by atoms with E-state index in [1.54, 1.807) is 25.3 Å². The number of ether oxygens (including phenoxy) is 1. The molecule has 1 unspecified atom stereocenters. The van der Waals surface area contributed by atoms with Crippen LogP contribution in [-0.2, 0) is 0 Å². The van der Waals surface area contributed by atoms with E-state index < -0.39 is 0 Å². The van der Waals surface area contributed by atoms with Gasteiger partial charge in [0.25, 0.3) is 0 Å². The van der Waals surface area contributed by atoms with Crippen molar-refractivity contribution in [2.45, 2.75) is 13.0 Å². The Morgan fingerprint density at radius 1 is 1.54 bits per heavy atom. The molecule has 0 spiro atoms. The van der Waals surface area contributed by atoms with E-state index in [0.29, 0.717) is 5.56 Å². The molecule has 0 aliphatic carbocycles. The molecule has 0 radical (unpaired) electrons. The second-order valence-corrected chi connectivity index (χ2v) is 2.86. The summed E-state index contributed by atoms with van der Waals surface area (Å²) in [4.78, 5) is 0. The number of nitrogens with two attached hydrogens (primary N) is 1. The summed E-state index contributed by atoms with van der Waals surface area (Å²) in [6, 6.07) is 7.17. The first-order valence-electron chi connectivity index (χ1n) is 4.02. The first-order chi connectivity index (χ1) is 6.19. The molecule has 0 aromatic heterocycles. The fourth-order valence-corrected chi connectivity index (χ4v) is 1.16. The molecular weight excluding hydrogens is 164 g/mol. The van der Waals surface area contributed by atoms with Crippen molar-refractivity contribution in [3.8, 4) is 11.8 Å². The summed E-state index contributed by atoms with van der Waals surface area (Å²) >= 11 is 0. The van der Waals surface area contributed by atoms with E-state index in [4.69, 9.17) is 15.7 Å². The average molecular weight is 176 g/mol. The van der Waals surface area contributed by atoms with Crippen LogP contribution in [0.1, 0.15) is 24.1 Å². The Balaban J connectivity index is 3.20. The number of rotatable bonds is 2. The third-order valence-corrected chi connectivity index (χ3v) is 1.85. The van der Waals surface area contributed by atoms with Crippen LogP contribution in [0.2, 0.25) is 0 Å². The molecule has 68 valence electrons. The molecule has 13 heavy (non-hydrogen) atoms. The third kappa shape index (κ3) is 1.98. The van der Waals surface area contributed by atoms with Crippen LogP contribution in [0, 0.1) is 11.3 Å². The van der Waals surface area contributed by atoms with Gasteiger partial charge in [-0.3, -0.25) is 0 Å². The number of benzene rings is 1. The molecular formula is C10H12N2O. The lowest BCUT2D eigenvalue weighted by Crippen LogP contribution is -2.07. The lowest BCUT2D eigenvalue weighted by atomic mass is 10.1. The lowest BCUT2D eigenvalue weighted by molar-refractivity contribution is 0.407.